The standard InChI is InChI=1S/C17H24N2O3/c1-13(2)12-22-15-7-5-6-14(10-15)17(21)18-11-16(20)19-8-3-4-9-19/h5-7,10,13H,3-4,8-9,11-12H2,1-2H3,(H,18,21). The lowest BCUT2D eigenvalue weighted by atomic mass is 10.2. The third kappa shape index (κ3) is 4.76. The van der Waals surface area contributed by atoms with Crippen molar-refractivity contribution in [1.82, 2.24) is 10.2 Å². The zero-order valence-corrected chi connectivity index (χ0v) is 13.3. The first-order valence-corrected chi connectivity index (χ1v) is 7.85. The van der Waals surface area contributed by atoms with Crippen molar-refractivity contribution in [2.75, 3.05) is 26.2 Å². The monoisotopic (exact) mass is 304 g/mol. The van der Waals surface area contributed by atoms with Gasteiger partial charge in [0.2, 0.25) is 5.91 Å². The zero-order valence-electron chi connectivity index (χ0n) is 13.3. The highest BCUT2D eigenvalue weighted by atomic mass is 16.5. The van der Waals surface area contributed by atoms with Crippen LogP contribution in [0.4, 0.5) is 0 Å². The van der Waals surface area contributed by atoms with E-state index in [9.17, 15) is 9.59 Å². The molecule has 2 amide bonds. The molecule has 1 aromatic carbocycles. The second-order valence-electron chi connectivity index (χ2n) is 6.00. The van der Waals surface area contributed by atoms with Crippen LogP contribution in [0.1, 0.15) is 37.0 Å². The van der Waals surface area contributed by atoms with Crippen molar-refractivity contribution in [3.63, 3.8) is 0 Å². The van der Waals surface area contributed by atoms with Crippen LogP contribution in [0.5, 0.6) is 5.75 Å². The highest BCUT2D eigenvalue weighted by molar-refractivity contribution is 5.96. The third-order valence-corrected chi connectivity index (χ3v) is 3.54. The van der Waals surface area contributed by atoms with Gasteiger partial charge >= 0.3 is 0 Å². The summed E-state index contributed by atoms with van der Waals surface area (Å²) in [6.07, 6.45) is 2.10. The van der Waals surface area contributed by atoms with E-state index in [1.807, 2.05) is 6.07 Å². The fourth-order valence-electron chi connectivity index (χ4n) is 2.33. The van der Waals surface area contributed by atoms with E-state index in [2.05, 4.69) is 19.2 Å². The number of rotatable bonds is 6. The molecule has 0 unspecified atom stereocenters. The number of nitrogens with one attached hydrogen (secondary N) is 1. The molecule has 1 heterocycles. The lowest BCUT2D eigenvalue weighted by molar-refractivity contribution is -0.129. The van der Waals surface area contributed by atoms with Crippen LogP contribution in [0.2, 0.25) is 0 Å². The Morgan fingerprint density at radius 2 is 2.00 bits per heavy atom. The molecule has 0 spiro atoms. The molecule has 2 rings (SSSR count). The van der Waals surface area contributed by atoms with Crippen LogP contribution in [0, 0.1) is 5.92 Å². The molecule has 1 aliphatic heterocycles. The average Bonchev–Trinajstić information content (AvgIpc) is 3.05. The SMILES string of the molecule is CC(C)COc1cccc(C(=O)NCC(=O)N2CCCC2)c1. The molecule has 120 valence electrons. The van der Waals surface area contributed by atoms with E-state index in [1.54, 1.807) is 23.1 Å². The summed E-state index contributed by atoms with van der Waals surface area (Å²) in [6.45, 7) is 6.40. The van der Waals surface area contributed by atoms with E-state index in [0.29, 0.717) is 23.8 Å². The minimum absolute atomic E-state index is 0.0157. The molecule has 1 N–H and O–H groups in total. The van der Waals surface area contributed by atoms with Gasteiger partial charge in [-0.15, -0.1) is 0 Å². The summed E-state index contributed by atoms with van der Waals surface area (Å²) in [4.78, 5) is 25.8. The molecule has 0 bridgehead atoms. The maximum Gasteiger partial charge on any atom is 0.251 e. The number of amides is 2. The average molecular weight is 304 g/mol. The summed E-state index contributed by atoms with van der Waals surface area (Å²) in [6, 6.07) is 7.04. The Kier molecular flexibility index (Phi) is 5.81. The lowest BCUT2D eigenvalue weighted by Gasteiger charge is -2.15. The lowest BCUT2D eigenvalue weighted by Crippen LogP contribution is -2.38. The molecular formula is C17H24N2O3. The molecule has 22 heavy (non-hydrogen) atoms. The molecule has 0 saturated carbocycles. The van der Waals surface area contributed by atoms with Crippen LogP contribution in [0.3, 0.4) is 0 Å². The Labute approximate surface area is 131 Å². The van der Waals surface area contributed by atoms with Gasteiger partial charge in [0.15, 0.2) is 0 Å². The second-order valence-corrected chi connectivity index (χ2v) is 6.00. The van der Waals surface area contributed by atoms with Crippen LogP contribution in [-0.4, -0.2) is 43.0 Å². The van der Waals surface area contributed by atoms with Gasteiger partial charge in [-0.05, 0) is 37.0 Å². The van der Waals surface area contributed by atoms with Crippen molar-refractivity contribution >= 4 is 11.8 Å². The fourth-order valence-corrected chi connectivity index (χ4v) is 2.33. The molecule has 1 fully saturated rings. The summed E-state index contributed by atoms with van der Waals surface area (Å²) in [5.74, 6) is 0.836. The molecule has 0 atom stereocenters. The summed E-state index contributed by atoms with van der Waals surface area (Å²) in [7, 11) is 0. The Balaban J connectivity index is 1.86. The van der Waals surface area contributed by atoms with E-state index in [0.717, 1.165) is 25.9 Å². The summed E-state index contributed by atoms with van der Waals surface area (Å²) in [5.41, 5.74) is 0.510. The number of ether oxygens (including phenoxy) is 1. The van der Waals surface area contributed by atoms with E-state index < -0.39 is 0 Å². The Hall–Kier alpha value is -2.04. The number of hydrogen-bond acceptors (Lipinski definition) is 3. The number of likely N-dealkylation sites (tertiary alicyclic amines) is 1. The van der Waals surface area contributed by atoms with Crippen LogP contribution in [0.15, 0.2) is 24.3 Å². The predicted octanol–water partition coefficient (Wildman–Crippen LogP) is 2.07. The predicted molar refractivity (Wildman–Crippen MR) is 84.9 cm³/mol. The van der Waals surface area contributed by atoms with Gasteiger partial charge in [-0.3, -0.25) is 9.59 Å². The number of carbonyl (C=O) groups excluding carboxylic acids is 2. The van der Waals surface area contributed by atoms with Crippen LogP contribution >= 0.6 is 0 Å². The summed E-state index contributed by atoms with van der Waals surface area (Å²) < 4.78 is 5.61. The molecule has 0 radical (unpaired) electrons. The normalized spacial score (nSPS) is 14.2. The van der Waals surface area contributed by atoms with Gasteiger partial charge in [-0.25, -0.2) is 0 Å². The van der Waals surface area contributed by atoms with Gasteiger partial charge in [0.05, 0.1) is 13.2 Å². The second kappa shape index (κ2) is 7.82. The number of hydrogen-bond donors (Lipinski definition) is 1. The van der Waals surface area contributed by atoms with Crippen LogP contribution < -0.4 is 10.1 Å². The topological polar surface area (TPSA) is 58.6 Å². The van der Waals surface area contributed by atoms with Crippen molar-refractivity contribution in [3.05, 3.63) is 29.8 Å². The smallest absolute Gasteiger partial charge is 0.251 e. The van der Waals surface area contributed by atoms with E-state index in [4.69, 9.17) is 4.74 Å². The van der Waals surface area contributed by atoms with Gasteiger partial charge in [-0.2, -0.15) is 0 Å². The Morgan fingerprint density at radius 3 is 2.68 bits per heavy atom. The quantitative estimate of drug-likeness (QED) is 0.875. The maximum absolute atomic E-state index is 12.1. The molecule has 0 aromatic heterocycles. The Bertz CT molecular complexity index is 522. The van der Waals surface area contributed by atoms with Crippen LogP contribution in [-0.2, 0) is 4.79 Å². The van der Waals surface area contributed by atoms with Crippen molar-refractivity contribution in [1.29, 1.82) is 0 Å². The molecular weight excluding hydrogens is 280 g/mol. The van der Waals surface area contributed by atoms with E-state index >= 15 is 0 Å². The maximum atomic E-state index is 12.1. The van der Waals surface area contributed by atoms with Gasteiger partial charge < -0.3 is 15.0 Å². The minimum Gasteiger partial charge on any atom is -0.493 e. The first kappa shape index (κ1) is 16.3. The summed E-state index contributed by atoms with van der Waals surface area (Å²) in [5, 5.41) is 2.68. The van der Waals surface area contributed by atoms with Gasteiger partial charge in [0, 0.05) is 18.7 Å². The van der Waals surface area contributed by atoms with Crippen molar-refractivity contribution < 1.29 is 14.3 Å². The highest BCUT2D eigenvalue weighted by Gasteiger charge is 2.18. The van der Waals surface area contributed by atoms with Crippen LogP contribution in [0.25, 0.3) is 0 Å². The molecule has 1 saturated heterocycles. The van der Waals surface area contributed by atoms with Crippen molar-refractivity contribution in [2.24, 2.45) is 5.92 Å². The number of benzene rings is 1. The van der Waals surface area contributed by atoms with Gasteiger partial charge in [0.25, 0.3) is 5.91 Å². The van der Waals surface area contributed by atoms with Crippen molar-refractivity contribution in [2.45, 2.75) is 26.7 Å². The molecule has 0 aliphatic carbocycles. The minimum atomic E-state index is -0.248. The first-order chi connectivity index (χ1) is 10.6. The molecule has 1 aromatic rings. The van der Waals surface area contributed by atoms with Gasteiger partial charge in [0.1, 0.15) is 5.75 Å². The van der Waals surface area contributed by atoms with E-state index in [1.165, 1.54) is 0 Å². The third-order valence-electron chi connectivity index (χ3n) is 3.54. The number of carbonyl (C=O) groups is 2. The molecule has 5 heteroatoms. The first-order valence-electron chi connectivity index (χ1n) is 7.85. The zero-order chi connectivity index (χ0) is 15.9. The summed E-state index contributed by atoms with van der Waals surface area (Å²) >= 11 is 0. The molecule has 5 nitrogen and oxygen atoms in total. The fraction of sp³-hybridized carbons (Fsp3) is 0.529. The Morgan fingerprint density at radius 1 is 1.27 bits per heavy atom. The van der Waals surface area contributed by atoms with Crippen molar-refractivity contribution in [3.8, 4) is 5.75 Å². The number of nitrogens with zero attached hydrogens (tertiary/aromatic N) is 1. The highest BCUT2D eigenvalue weighted by Crippen LogP contribution is 2.14. The molecule has 1 aliphatic rings. The largest absolute Gasteiger partial charge is 0.493 e. The van der Waals surface area contributed by atoms with Gasteiger partial charge in [-0.1, -0.05) is 19.9 Å². The van der Waals surface area contributed by atoms with E-state index in [-0.39, 0.29) is 18.4 Å².